The summed E-state index contributed by atoms with van der Waals surface area (Å²) >= 11 is 0. The summed E-state index contributed by atoms with van der Waals surface area (Å²) in [6, 6.07) is 8.24. The number of carboxylic acids is 1. The SMILES string of the molecule is COc1ccc(C(=O)O)cc1NC(C)c1ccco1. The first kappa shape index (κ1) is 13.0. The van der Waals surface area contributed by atoms with Crippen LogP contribution in [0.2, 0.25) is 0 Å². The van der Waals surface area contributed by atoms with E-state index in [9.17, 15) is 4.79 Å². The minimum Gasteiger partial charge on any atom is -0.495 e. The molecule has 2 rings (SSSR count). The topological polar surface area (TPSA) is 71.7 Å². The van der Waals surface area contributed by atoms with Crippen molar-refractivity contribution in [3.63, 3.8) is 0 Å². The number of carbonyl (C=O) groups is 1. The fourth-order valence-corrected chi connectivity index (χ4v) is 1.80. The molecule has 0 aliphatic heterocycles. The van der Waals surface area contributed by atoms with Crippen molar-refractivity contribution >= 4 is 11.7 Å². The molecule has 0 fully saturated rings. The molecule has 0 aliphatic rings. The maximum atomic E-state index is 11.0. The Morgan fingerprint density at radius 1 is 1.42 bits per heavy atom. The molecule has 1 heterocycles. The van der Waals surface area contributed by atoms with E-state index in [0.29, 0.717) is 11.4 Å². The number of methoxy groups -OCH3 is 1. The molecule has 2 aromatic rings. The van der Waals surface area contributed by atoms with Crippen molar-refractivity contribution in [2.24, 2.45) is 0 Å². The molecule has 1 aromatic carbocycles. The summed E-state index contributed by atoms with van der Waals surface area (Å²) in [7, 11) is 1.54. The lowest BCUT2D eigenvalue weighted by atomic mass is 10.1. The Morgan fingerprint density at radius 3 is 2.79 bits per heavy atom. The van der Waals surface area contributed by atoms with Gasteiger partial charge in [-0.25, -0.2) is 4.79 Å². The Balaban J connectivity index is 2.27. The number of aromatic carboxylic acids is 1. The van der Waals surface area contributed by atoms with Crippen LogP contribution in [0, 0.1) is 0 Å². The lowest BCUT2D eigenvalue weighted by Crippen LogP contribution is -2.08. The smallest absolute Gasteiger partial charge is 0.335 e. The van der Waals surface area contributed by atoms with Crippen LogP contribution in [-0.4, -0.2) is 18.2 Å². The predicted octanol–water partition coefficient (Wildman–Crippen LogP) is 3.16. The maximum absolute atomic E-state index is 11.0. The first-order valence-corrected chi connectivity index (χ1v) is 5.83. The van der Waals surface area contributed by atoms with Crippen molar-refractivity contribution in [1.82, 2.24) is 0 Å². The van der Waals surface area contributed by atoms with Gasteiger partial charge in [0.15, 0.2) is 0 Å². The largest absolute Gasteiger partial charge is 0.495 e. The van der Waals surface area contributed by atoms with Gasteiger partial charge in [-0.05, 0) is 37.3 Å². The average Bonchev–Trinajstić information content (AvgIpc) is 2.92. The van der Waals surface area contributed by atoms with E-state index in [4.69, 9.17) is 14.3 Å². The second-order valence-electron chi connectivity index (χ2n) is 4.10. The van der Waals surface area contributed by atoms with Crippen LogP contribution in [0.5, 0.6) is 5.75 Å². The van der Waals surface area contributed by atoms with E-state index in [0.717, 1.165) is 5.76 Å². The first-order chi connectivity index (χ1) is 9.11. The molecule has 0 radical (unpaired) electrons. The van der Waals surface area contributed by atoms with Crippen molar-refractivity contribution in [2.75, 3.05) is 12.4 Å². The monoisotopic (exact) mass is 261 g/mol. The van der Waals surface area contributed by atoms with Gasteiger partial charge < -0.3 is 19.6 Å². The van der Waals surface area contributed by atoms with Crippen molar-refractivity contribution in [1.29, 1.82) is 0 Å². The molecule has 5 nitrogen and oxygen atoms in total. The number of ether oxygens (including phenoxy) is 1. The van der Waals surface area contributed by atoms with Crippen molar-refractivity contribution in [2.45, 2.75) is 13.0 Å². The van der Waals surface area contributed by atoms with E-state index in [2.05, 4.69) is 5.32 Å². The molecule has 100 valence electrons. The Bertz CT molecular complexity index is 563. The number of anilines is 1. The van der Waals surface area contributed by atoms with Gasteiger partial charge in [-0.1, -0.05) is 0 Å². The molecule has 1 unspecified atom stereocenters. The molecule has 0 aliphatic carbocycles. The number of hydrogen-bond acceptors (Lipinski definition) is 4. The molecular weight excluding hydrogens is 246 g/mol. The highest BCUT2D eigenvalue weighted by molar-refractivity contribution is 5.89. The molecule has 0 saturated carbocycles. The molecule has 0 bridgehead atoms. The van der Waals surface area contributed by atoms with Crippen LogP contribution in [-0.2, 0) is 0 Å². The van der Waals surface area contributed by atoms with Crippen LogP contribution in [0.3, 0.4) is 0 Å². The fraction of sp³-hybridized carbons (Fsp3) is 0.214. The normalized spacial score (nSPS) is 11.9. The second-order valence-corrected chi connectivity index (χ2v) is 4.10. The van der Waals surface area contributed by atoms with Gasteiger partial charge in [0.25, 0.3) is 0 Å². The van der Waals surface area contributed by atoms with Crippen LogP contribution in [0.4, 0.5) is 5.69 Å². The summed E-state index contributed by atoms with van der Waals surface area (Å²) in [5, 5.41) is 12.2. The molecule has 5 heteroatoms. The van der Waals surface area contributed by atoms with Gasteiger partial charge in [0.05, 0.1) is 30.7 Å². The van der Waals surface area contributed by atoms with Gasteiger partial charge in [0.2, 0.25) is 0 Å². The lowest BCUT2D eigenvalue weighted by Gasteiger charge is -2.16. The van der Waals surface area contributed by atoms with Crippen LogP contribution < -0.4 is 10.1 Å². The molecule has 19 heavy (non-hydrogen) atoms. The van der Waals surface area contributed by atoms with Crippen molar-refractivity contribution < 1.29 is 19.1 Å². The zero-order chi connectivity index (χ0) is 13.8. The molecule has 1 atom stereocenters. The van der Waals surface area contributed by atoms with Crippen LogP contribution in [0.1, 0.15) is 29.1 Å². The van der Waals surface area contributed by atoms with Gasteiger partial charge in [-0.3, -0.25) is 0 Å². The highest BCUT2D eigenvalue weighted by Crippen LogP contribution is 2.29. The quantitative estimate of drug-likeness (QED) is 0.865. The van der Waals surface area contributed by atoms with Gasteiger partial charge >= 0.3 is 5.97 Å². The van der Waals surface area contributed by atoms with Gasteiger partial charge in [0, 0.05) is 0 Å². The maximum Gasteiger partial charge on any atom is 0.335 e. The van der Waals surface area contributed by atoms with Crippen LogP contribution in [0.25, 0.3) is 0 Å². The lowest BCUT2D eigenvalue weighted by molar-refractivity contribution is 0.0697. The summed E-state index contributed by atoms with van der Waals surface area (Å²) in [6.07, 6.45) is 1.60. The summed E-state index contributed by atoms with van der Waals surface area (Å²) in [5.41, 5.74) is 0.821. The van der Waals surface area contributed by atoms with E-state index in [1.165, 1.54) is 6.07 Å². The van der Waals surface area contributed by atoms with Crippen LogP contribution >= 0.6 is 0 Å². The second kappa shape index (κ2) is 5.48. The molecule has 0 amide bonds. The molecular formula is C14H15NO4. The Morgan fingerprint density at radius 2 is 2.21 bits per heavy atom. The van der Waals surface area contributed by atoms with E-state index < -0.39 is 5.97 Å². The third-order valence-corrected chi connectivity index (χ3v) is 2.79. The van der Waals surface area contributed by atoms with Crippen molar-refractivity contribution in [3.05, 3.63) is 47.9 Å². The Hall–Kier alpha value is -2.43. The van der Waals surface area contributed by atoms with Gasteiger partial charge in [0.1, 0.15) is 11.5 Å². The van der Waals surface area contributed by atoms with Crippen molar-refractivity contribution in [3.8, 4) is 5.75 Å². The van der Waals surface area contributed by atoms with Gasteiger partial charge in [-0.2, -0.15) is 0 Å². The first-order valence-electron chi connectivity index (χ1n) is 5.83. The van der Waals surface area contributed by atoms with E-state index in [-0.39, 0.29) is 11.6 Å². The molecule has 0 spiro atoms. The minimum atomic E-state index is -0.976. The summed E-state index contributed by atoms with van der Waals surface area (Å²) in [5.74, 6) is 0.377. The fourth-order valence-electron chi connectivity index (χ4n) is 1.80. The number of rotatable bonds is 5. The van der Waals surface area contributed by atoms with Crippen LogP contribution in [0.15, 0.2) is 41.0 Å². The summed E-state index contributed by atoms with van der Waals surface area (Å²) in [4.78, 5) is 11.0. The number of carboxylic acid groups (broad SMARTS) is 1. The van der Waals surface area contributed by atoms with Gasteiger partial charge in [-0.15, -0.1) is 0 Å². The zero-order valence-electron chi connectivity index (χ0n) is 10.7. The van der Waals surface area contributed by atoms with E-state index >= 15 is 0 Å². The van der Waals surface area contributed by atoms with E-state index in [1.54, 1.807) is 31.6 Å². The standard InChI is InChI=1S/C14H15NO4/c1-9(12-4-3-7-19-12)15-11-8-10(14(16)17)5-6-13(11)18-2/h3-9,15H,1-2H3,(H,16,17). The number of nitrogens with one attached hydrogen (secondary N) is 1. The number of hydrogen-bond donors (Lipinski definition) is 2. The molecule has 2 N–H and O–H groups in total. The summed E-state index contributed by atoms with van der Waals surface area (Å²) < 4.78 is 10.5. The Labute approximate surface area is 110 Å². The Kier molecular flexibility index (Phi) is 3.75. The molecule has 1 aromatic heterocycles. The average molecular weight is 261 g/mol. The highest BCUT2D eigenvalue weighted by Gasteiger charge is 2.13. The predicted molar refractivity (Wildman–Crippen MR) is 70.7 cm³/mol. The number of benzene rings is 1. The number of furan rings is 1. The van der Waals surface area contributed by atoms with E-state index in [1.807, 2.05) is 13.0 Å². The molecule has 0 saturated heterocycles. The summed E-state index contributed by atoms with van der Waals surface area (Å²) in [6.45, 7) is 1.92. The minimum absolute atomic E-state index is 0.0899. The highest BCUT2D eigenvalue weighted by atomic mass is 16.5. The third-order valence-electron chi connectivity index (χ3n) is 2.79. The third kappa shape index (κ3) is 2.88. The zero-order valence-corrected chi connectivity index (χ0v) is 10.7.